The number of thiophene rings is 4. The summed E-state index contributed by atoms with van der Waals surface area (Å²) in [5.41, 5.74) is 18.0. The van der Waals surface area contributed by atoms with Crippen LogP contribution in [0.2, 0.25) is 0 Å². The predicted octanol–water partition coefficient (Wildman–Crippen LogP) is 19.1. The number of ketones is 2. The van der Waals surface area contributed by atoms with Crippen LogP contribution in [0.1, 0.15) is 108 Å². The number of nitrogens with zero attached hydrogens (tertiary/aromatic N) is 4. The molecule has 4 aromatic heterocycles. The molecule has 4 heterocycles. The number of carbonyl (C=O) groups excluding carboxylic acids is 2. The van der Waals surface area contributed by atoms with Crippen LogP contribution in [-0.2, 0) is 10.8 Å². The molecule has 0 saturated carbocycles. The van der Waals surface area contributed by atoms with E-state index in [1.54, 1.807) is 57.5 Å². The first-order valence-electron chi connectivity index (χ1n) is 27.3. The highest BCUT2D eigenvalue weighted by Gasteiger charge is 2.54. The molecule has 15 rings (SSSR count). The number of hydrogen-bond donors (Lipinski definition) is 0. The van der Waals surface area contributed by atoms with Crippen molar-refractivity contribution in [1.29, 1.82) is 10.5 Å². The van der Waals surface area contributed by atoms with Crippen molar-refractivity contribution in [1.82, 2.24) is 0 Å². The zero-order valence-electron chi connectivity index (χ0n) is 45.6. The molecule has 84 heavy (non-hydrogen) atoms. The Balaban J connectivity index is 1.02. The average molecular weight is 1150 g/mol. The Kier molecular flexibility index (Phi) is 11.4. The van der Waals surface area contributed by atoms with E-state index < -0.39 is 10.8 Å². The van der Waals surface area contributed by atoms with E-state index in [0.29, 0.717) is 44.5 Å². The van der Waals surface area contributed by atoms with Crippen molar-refractivity contribution in [2.75, 3.05) is 0 Å². The first-order valence-corrected chi connectivity index (χ1v) is 30.6. The lowest BCUT2D eigenvalue weighted by atomic mass is 9.65. The number of Topliss-reactive ketones (excluding diaryl/α,β-unsaturated/α-hetero) is 2. The summed E-state index contributed by atoms with van der Waals surface area (Å²) in [6, 6.07) is 64.0. The van der Waals surface area contributed by atoms with Gasteiger partial charge in [-0.2, -0.15) is 0 Å². The number of benzene rings is 7. The molecule has 4 aliphatic rings. The minimum atomic E-state index is -0.811. The van der Waals surface area contributed by atoms with Gasteiger partial charge in [-0.05, 0) is 120 Å². The van der Waals surface area contributed by atoms with Gasteiger partial charge in [0.2, 0.25) is 0 Å². The fourth-order valence-electron chi connectivity index (χ4n) is 13.6. The van der Waals surface area contributed by atoms with Crippen molar-refractivity contribution in [3.8, 4) is 33.0 Å². The molecule has 6 nitrogen and oxygen atoms in total. The van der Waals surface area contributed by atoms with E-state index in [2.05, 4.69) is 171 Å². The van der Waals surface area contributed by atoms with E-state index in [4.69, 9.17) is 13.1 Å². The van der Waals surface area contributed by atoms with E-state index in [1.165, 1.54) is 32.0 Å². The first-order chi connectivity index (χ1) is 40.9. The summed E-state index contributed by atoms with van der Waals surface area (Å²) in [6.07, 6.45) is 3.78. The van der Waals surface area contributed by atoms with Crippen LogP contribution in [0.4, 0.5) is 0 Å². The van der Waals surface area contributed by atoms with Gasteiger partial charge in [0.1, 0.15) is 0 Å². The number of allylic oxidation sites excluding steroid dienone is 6. The Bertz CT molecular complexity index is 4670. The molecule has 0 atom stereocenters. The molecular weight excluding hydrogens is 1110 g/mol. The van der Waals surface area contributed by atoms with Crippen molar-refractivity contribution in [3.05, 3.63) is 314 Å². The van der Waals surface area contributed by atoms with Gasteiger partial charge < -0.3 is 0 Å². The van der Waals surface area contributed by atoms with Gasteiger partial charge in [0.05, 0.1) is 45.5 Å². The maximum absolute atomic E-state index is 14.3. The smallest absolute Gasteiger partial charge is 0.270 e. The minimum Gasteiger partial charge on any atom is -0.289 e. The maximum Gasteiger partial charge on any atom is 0.270 e. The third kappa shape index (κ3) is 7.01. The fourth-order valence-corrected chi connectivity index (χ4v) is 19.0. The van der Waals surface area contributed by atoms with Gasteiger partial charge in [0.15, 0.2) is 11.6 Å². The molecule has 0 saturated heterocycles. The van der Waals surface area contributed by atoms with E-state index in [-0.39, 0.29) is 23.0 Å². The summed E-state index contributed by atoms with van der Waals surface area (Å²) in [7, 11) is 0. The molecule has 0 radical (unpaired) electrons. The highest BCUT2D eigenvalue weighted by Crippen LogP contribution is 2.68. The van der Waals surface area contributed by atoms with Crippen LogP contribution >= 0.6 is 45.3 Å². The van der Waals surface area contributed by atoms with Crippen LogP contribution in [0, 0.1) is 63.5 Å². The average Bonchev–Trinajstić information content (AvgIpc) is 1.55. The van der Waals surface area contributed by atoms with E-state index >= 15 is 0 Å². The van der Waals surface area contributed by atoms with Crippen molar-refractivity contribution < 1.29 is 9.59 Å². The highest BCUT2D eigenvalue weighted by atomic mass is 32.1. The molecule has 0 unspecified atom stereocenters. The van der Waals surface area contributed by atoms with Gasteiger partial charge in [-0.25, -0.2) is 20.2 Å². The first kappa shape index (κ1) is 51.0. The second-order valence-corrected chi connectivity index (χ2v) is 26.2. The highest BCUT2D eigenvalue weighted by molar-refractivity contribution is 7.31. The van der Waals surface area contributed by atoms with Gasteiger partial charge in [-0.15, -0.1) is 45.3 Å². The van der Waals surface area contributed by atoms with Crippen molar-refractivity contribution in [2.45, 2.75) is 38.5 Å². The largest absolute Gasteiger partial charge is 0.289 e. The zero-order valence-corrected chi connectivity index (χ0v) is 48.8. The second-order valence-electron chi connectivity index (χ2n) is 22.0. The van der Waals surface area contributed by atoms with Crippen LogP contribution in [0.3, 0.4) is 0 Å². The molecular formula is C74H42N4O2S4. The second kappa shape index (κ2) is 18.8. The molecule has 11 aromatic rings. The van der Waals surface area contributed by atoms with Gasteiger partial charge in [0.25, 0.3) is 11.4 Å². The SMILES string of the molecule is [C-]#[N+]/C(C#N)=C1\C(=C\c2cc3sc4c(c3s2)C(c2ccc(C)cc2)(c2ccc(C)cc2)c2cc3c(cc2-4)C(c2ccc(C)cc2)(c2ccc(C)cc2)c2c-3sc3cc(/C=C4\C(=O)c5ccccc5\C4=C(\C#N)[N+]#[C-])sc23)C(=O)c2ccccc21. The third-order valence-corrected chi connectivity index (χ3v) is 22.1. The number of aryl methyl sites for hydroxylation is 4. The number of hydrogen-bond acceptors (Lipinski definition) is 8. The number of carbonyl (C=O) groups is 2. The topological polar surface area (TPSA) is 90.4 Å². The third-order valence-electron chi connectivity index (χ3n) is 17.3. The number of rotatable bonds is 6. The van der Waals surface area contributed by atoms with Crippen LogP contribution in [0.25, 0.3) is 72.7 Å². The summed E-state index contributed by atoms with van der Waals surface area (Å²) in [6.45, 7) is 24.5. The summed E-state index contributed by atoms with van der Waals surface area (Å²) >= 11 is 6.84. The normalized spacial score (nSPS) is 16.9. The van der Waals surface area contributed by atoms with Crippen molar-refractivity contribution in [2.24, 2.45) is 0 Å². The van der Waals surface area contributed by atoms with Crippen LogP contribution in [0.15, 0.2) is 192 Å². The lowest BCUT2D eigenvalue weighted by molar-refractivity contribution is 0.103. The Morgan fingerprint density at radius 1 is 0.440 bits per heavy atom. The number of fused-ring (bicyclic) bond motifs is 12. The van der Waals surface area contributed by atoms with Gasteiger partial charge in [-0.3, -0.25) is 9.59 Å². The molecule has 10 heteroatoms. The summed E-state index contributed by atoms with van der Waals surface area (Å²) < 4.78 is 4.38. The van der Waals surface area contributed by atoms with Crippen LogP contribution in [-0.4, -0.2) is 11.6 Å². The Hall–Kier alpha value is -9.88. The van der Waals surface area contributed by atoms with E-state index in [9.17, 15) is 20.1 Å². The maximum atomic E-state index is 14.3. The molecule has 7 aromatic carbocycles. The fraction of sp³-hybridized carbons (Fsp3) is 0.0811. The molecule has 394 valence electrons. The summed E-state index contributed by atoms with van der Waals surface area (Å²) in [4.78, 5) is 40.0. The molecule has 0 N–H and O–H groups in total. The van der Waals surface area contributed by atoms with Crippen molar-refractivity contribution >= 4 is 99.0 Å². The quantitative estimate of drug-likeness (QED) is 0.0942. The standard InChI is InChI=1S/C74H42N4O2S4/c1-39-15-23-43(24-16-39)73(44-25-17-40(2)18-26-44)57-35-54-58(36-53(57)69-65(73)71-61(83-69)33-47(81-71)31-55-63(59(37-75)77-5)49-11-7-9-13-51(49)67(55)79)74(45-27-19-41(3)20-28-45,46-29-21-42(4)22-30-46)66-70(54)84-62-34-48(82-72(62)66)32-56-64(60(38-76)78-6)50-12-8-10-14-52(50)68(56)80/h7-36H,1-4H3/b55-31-,56-32-,63-59-,64-60+. The Morgan fingerprint density at radius 3 is 1.07 bits per heavy atom. The van der Waals surface area contributed by atoms with E-state index in [1.807, 2.05) is 48.6 Å². The Labute approximate surface area is 501 Å². The van der Waals surface area contributed by atoms with Crippen molar-refractivity contribution in [3.63, 3.8) is 0 Å². The summed E-state index contributed by atoms with van der Waals surface area (Å²) in [5, 5.41) is 20.5. The lowest BCUT2D eigenvalue weighted by Gasteiger charge is -2.35. The molecule has 0 fully saturated rings. The van der Waals surface area contributed by atoms with Gasteiger partial charge >= 0.3 is 0 Å². The van der Waals surface area contributed by atoms with Gasteiger partial charge in [0, 0.05) is 73.5 Å². The molecule has 0 bridgehead atoms. The summed E-state index contributed by atoms with van der Waals surface area (Å²) in [5.74, 6) is -0.401. The molecule has 0 spiro atoms. The Morgan fingerprint density at radius 2 is 0.762 bits per heavy atom. The monoisotopic (exact) mass is 1150 g/mol. The van der Waals surface area contributed by atoms with E-state index in [0.717, 1.165) is 84.2 Å². The number of nitriles is 2. The molecule has 0 amide bonds. The molecule has 0 aliphatic heterocycles. The van der Waals surface area contributed by atoms with Crippen LogP contribution in [0.5, 0.6) is 0 Å². The van der Waals surface area contributed by atoms with Crippen LogP contribution < -0.4 is 0 Å². The zero-order chi connectivity index (χ0) is 57.5. The molecule has 4 aliphatic carbocycles. The predicted molar refractivity (Wildman–Crippen MR) is 342 cm³/mol. The lowest BCUT2D eigenvalue weighted by Crippen LogP contribution is -2.30. The minimum absolute atomic E-state index is 0.107. The van der Waals surface area contributed by atoms with Gasteiger partial charge in [-0.1, -0.05) is 168 Å².